The van der Waals surface area contributed by atoms with Gasteiger partial charge in [0.05, 0.1) is 17.2 Å². The van der Waals surface area contributed by atoms with E-state index in [1.165, 1.54) is 0 Å². The van der Waals surface area contributed by atoms with Gasteiger partial charge in [0.2, 0.25) is 10.0 Å². The smallest absolute Gasteiger partial charge is 0.240 e. The molecule has 1 heterocycles. The second kappa shape index (κ2) is 4.70. The van der Waals surface area contributed by atoms with Crippen molar-refractivity contribution in [3.05, 3.63) is 30.3 Å². The first kappa shape index (κ1) is 13.0. The van der Waals surface area contributed by atoms with Gasteiger partial charge in [0.25, 0.3) is 0 Å². The van der Waals surface area contributed by atoms with E-state index in [1.807, 2.05) is 13.8 Å². The van der Waals surface area contributed by atoms with E-state index >= 15 is 0 Å². The van der Waals surface area contributed by atoms with Crippen molar-refractivity contribution in [1.29, 1.82) is 0 Å². The molecule has 1 aliphatic rings. The van der Waals surface area contributed by atoms with E-state index in [0.717, 1.165) is 5.71 Å². The fourth-order valence-corrected chi connectivity index (χ4v) is 3.00. The van der Waals surface area contributed by atoms with Crippen LogP contribution in [-0.2, 0) is 14.9 Å². The second-order valence-corrected chi connectivity index (χ2v) is 6.45. The quantitative estimate of drug-likeness (QED) is 0.900. The van der Waals surface area contributed by atoms with E-state index in [0.29, 0.717) is 6.42 Å². The third kappa shape index (κ3) is 2.88. The number of nitrogens with zero attached hydrogens (tertiary/aromatic N) is 1. The van der Waals surface area contributed by atoms with Crippen molar-refractivity contribution in [2.45, 2.75) is 30.8 Å². The zero-order valence-corrected chi connectivity index (χ0v) is 11.2. The molecule has 0 bridgehead atoms. The molecular formula is C12H16N2O3S. The van der Waals surface area contributed by atoms with Crippen LogP contribution in [0.4, 0.5) is 0 Å². The summed E-state index contributed by atoms with van der Waals surface area (Å²) in [5, 5.41) is 3.84. The van der Waals surface area contributed by atoms with Crippen molar-refractivity contribution < 1.29 is 13.3 Å². The fraction of sp³-hybridized carbons (Fsp3) is 0.417. The molecule has 1 N–H and O–H groups in total. The predicted octanol–water partition coefficient (Wildman–Crippen LogP) is 1.52. The van der Waals surface area contributed by atoms with Gasteiger partial charge in [-0.1, -0.05) is 23.4 Å². The Morgan fingerprint density at radius 3 is 2.61 bits per heavy atom. The lowest BCUT2D eigenvalue weighted by Gasteiger charge is -2.21. The van der Waals surface area contributed by atoms with Crippen molar-refractivity contribution in [2.75, 3.05) is 6.54 Å². The summed E-state index contributed by atoms with van der Waals surface area (Å²) in [4.78, 5) is 5.50. The number of rotatable bonds is 4. The predicted molar refractivity (Wildman–Crippen MR) is 68.8 cm³/mol. The highest BCUT2D eigenvalue weighted by molar-refractivity contribution is 7.89. The van der Waals surface area contributed by atoms with E-state index in [9.17, 15) is 8.42 Å². The molecule has 1 aliphatic heterocycles. The van der Waals surface area contributed by atoms with Gasteiger partial charge in [0.15, 0.2) is 5.60 Å². The van der Waals surface area contributed by atoms with Crippen molar-refractivity contribution >= 4 is 15.7 Å². The molecule has 0 spiro atoms. The summed E-state index contributed by atoms with van der Waals surface area (Å²) in [6.45, 7) is 3.89. The van der Waals surface area contributed by atoms with Gasteiger partial charge >= 0.3 is 0 Å². The molecule has 0 radical (unpaired) electrons. The average molecular weight is 268 g/mol. The SMILES string of the molecule is CC1=NOC(C)(CNS(=O)(=O)c2ccccc2)C1. The van der Waals surface area contributed by atoms with Crippen LogP contribution in [0.1, 0.15) is 20.3 Å². The van der Waals surface area contributed by atoms with E-state index in [4.69, 9.17) is 4.84 Å². The molecule has 1 aromatic rings. The van der Waals surface area contributed by atoms with E-state index in [-0.39, 0.29) is 11.4 Å². The molecule has 0 fully saturated rings. The lowest BCUT2D eigenvalue weighted by molar-refractivity contribution is 0.00146. The summed E-state index contributed by atoms with van der Waals surface area (Å²) in [7, 11) is -3.48. The Hall–Kier alpha value is -1.40. The minimum Gasteiger partial charge on any atom is -0.388 e. The molecule has 2 rings (SSSR count). The van der Waals surface area contributed by atoms with Gasteiger partial charge < -0.3 is 4.84 Å². The van der Waals surface area contributed by atoms with Crippen LogP contribution in [-0.4, -0.2) is 26.3 Å². The van der Waals surface area contributed by atoms with Gasteiger partial charge in [0, 0.05) is 6.42 Å². The maximum absolute atomic E-state index is 12.0. The summed E-state index contributed by atoms with van der Waals surface area (Å²) in [6, 6.07) is 8.27. The minimum atomic E-state index is -3.48. The highest BCUT2D eigenvalue weighted by Crippen LogP contribution is 2.23. The van der Waals surface area contributed by atoms with Crippen LogP contribution in [0, 0.1) is 0 Å². The molecule has 1 aromatic carbocycles. The van der Waals surface area contributed by atoms with Crippen LogP contribution in [0.5, 0.6) is 0 Å². The van der Waals surface area contributed by atoms with E-state index in [1.54, 1.807) is 30.3 Å². The normalized spacial score (nSPS) is 23.6. The first-order valence-electron chi connectivity index (χ1n) is 5.68. The van der Waals surface area contributed by atoms with Gasteiger partial charge in [-0.3, -0.25) is 0 Å². The third-order valence-electron chi connectivity index (χ3n) is 2.74. The third-order valence-corrected chi connectivity index (χ3v) is 4.16. The van der Waals surface area contributed by atoms with Crippen LogP contribution in [0.3, 0.4) is 0 Å². The first-order chi connectivity index (χ1) is 8.41. The lowest BCUT2D eigenvalue weighted by atomic mass is 10.0. The van der Waals surface area contributed by atoms with Crippen molar-refractivity contribution in [1.82, 2.24) is 4.72 Å². The summed E-state index contributed by atoms with van der Waals surface area (Å²) in [5.41, 5.74) is 0.280. The maximum atomic E-state index is 12.0. The highest BCUT2D eigenvalue weighted by Gasteiger charge is 2.34. The number of benzene rings is 1. The zero-order chi connectivity index (χ0) is 13.2. The molecule has 1 unspecified atom stereocenters. The minimum absolute atomic E-state index is 0.199. The van der Waals surface area contributed by atoms with Crippen LogP contribution < -0.4 is 4.72 Å². The largest absolute Gasteiger partial charge is 0.388 e. The zero-order valence-electron chi connectivity index (χ0n) is 10.4. The van der Waals surface area contributed by atoms with Crippen molar-refractivity contribution in [3.8, 4) is 0 Å². The molecule has 1 atom stereocenters. The Bertz CT molecular complexity index is 554. The van der Waals surface area contributed by atoms with Crippen LogP contribution in [0.2, 0.25) is 0 Å². The molecular weight excluding hydrogens is 252 g/mol. The summed E-state index contributed by atoms with van der Waals surface area (Å²) < 4.78 is 26.6. The van der Waals surface area contributed by atoms with E-state index in [2.05, 4.69) is 9.88 Å². The van der Waals surface area contributed by atoms with Gasteiger partial charge in [-0.2, -0.15) is 0 Å². The maximum Gasteiger partial charge on any atom is 0.240 e. The first-order valence-corrected chi connectivity index (χ1v) is 7.16. The molecule has 0 amide bonds. The molecule has 6 heteroatoms. The topological polar surface area (TPSA) is 67.8 Å². The Kier molecular flexibility index (Phi) is 3.41. The van der Waals surface area contributed by atoms with Crippen LogP contribution in [0.25, 0.3) is 0 Å². The molecule has 0 aliphatic carbocycles. The van der Waals surface area contributed by atoms with Crippen LogP contribution in [0.15, 0.2) is 40.4 Å². The van der Waals surface area contributed by atoms with Crippen molar-refractivity contribution in [2.24, 2.45) is 5.16 Å². The Morgan fingerprint density at radius 1 is 1.39 bits per heavy atom. The standard InChI is InChI=1S/C12H16N2O3S/c1-10-8-12(2,17-14-10)9-13-18(15,16)11-6-4-3-5-7-11/h3-7,13H,8-9H2,1-2H3. The van der Waals surface area contributed by atoms with Crippen molar-refractivity contribution in [3.63, 3.8) is 0 Å². The Labute approximate surface area is 107 Å². The second-order valence-electron chi connectivity index (χ2n) is 4.68. The number of sulfonamides is 1. The molecule has 0 saturated carbocycles. The summed E-state index contributed by atoms with van der Waals surface area (Å²) in [5.74, 6) is 0. The molecule has 98 valence electrons. The summed E-state index contributed by atoms with van der Waals surface area (Å²) >= 11 is 0. The lowest BCUT2D eigenvalue weighted by Crippen LogP contribution is -2.40. The molecule has 18 heavy (non-hydrogen) atoms. The van der Waals surface area contributed by atoms with Gasteiger partial charge in [0.1, 0.15) is 0 Å². The van der Waals surface area contributed by atoms with Crippen LogP contribution >= 0.6 is 0 Å². The highest BCUT2D eigenvalue weighted by atomic mass is 32.2. The number of oxime groups is 1. The Morgan fingerprint density at radius 2 is 2.06 bits per heavy atom. The monoisotopic (exact) mass is 268 g/mol. The van der Waals surface area contributed by atoms with Gasteiger partial charge in [-0.05, 0) is 26.0 Å². The van der Waals surface area contributed by atoms with Gasteiger partial charge in [-0.15, -0.1) is 0 Å². The Balaban J connectivity index is 2.03. The number of nitrogens with one attached hydrogen (secondary N) is 1. The average Bonchev–Trinajstić information content (AvgIpc) is 2.69. The van der Waals surface area contributed by atoms with Gasteiger partial charge in [-0.25, -0.2) is 13.1 Å². The molecule has 0 aromatic heterocycles. The number of hydrogen-bond donors (Lipinski definition) is 1. The molecule has 0 saturated heterocycles. The molecule has 5 nitrogen and oxygen atoms in total. The number of hydrogen-bond acceptors (Lipinski definition) is 4. The fourth-order valence-electron chi connectivity index (χ4n) is 1.82. The van der Waals surface area contributed by atoms with E-state index < -0.39 is 15.6 Å². The summed E-state index contributed by atoms with van der Waals surface area (Å²) in [6.07, 6.45) is 0.629.